The molecule has 0 saturated heterocycles. The van der Waals surface area contributed by atoms with Gasteiger partial charge in [0.25, 0.3) is 0 Å². The van der Waals surface area contributed by atoms with Gasteiger partial charge in [-0.15, -0.1) is 0 Å². The third-order valence-electron chi connectivity index (χ3n) is 3.68. The van der Waals surface area contributed by atoms with E-state index in [1.54, 1.807) is 37.4 Å². The highest BCUT2D eigenvalue weighted by molar-refractivity contribution is 6.30. The van der Waals surface area contributed by atoms with Crippen LogP contribution in [0.4, 0.5) is 0 Å². The molecule has 1 aromatic heterocycles. The van der Waals surface area contributed by atoms with Crippen LogP contribution in [0.2, 0.25) is 5.02 Å². The molecule has 0 fully saturated rings. The number of hydrogen-bond donors (Lipinski definition) is 1. The molecule has 0 amide bonds. The second-order valence-electron chi connectivity index (χ2n) is 5.49. The molecule has 25 heavy (non-hydrogen) atoms. The van der Waals surface area contributed by atoms with Crippen LogP contribution in [0.15, 0.2) is 54.7 Å². The maximum absolute atomic E-state index is 12.5. The third kappa shape index (κ3) is 4.00. The molecular weight excluding hydrogens is 342 g/mol. The number of H-pyrrole nitrogens is 1. The summed E-state index contributed by atoms with van der Waals surface area (Å²) in [6.45, 7) is 1.24. The van der Waals surface area contributed by atoms with E-state index in [1.807, 2.05) is 24.3 Å². The van der Waals surface area contributed by atoms with E-state index < -0.39 is 12.1 Å². The minimum Gasteiger partial charge on any atom is -0.482 e. The number of Topliss-reactive ketones (excluding diaryl/α,β-unsaturated/α-hetero) is 1. The molecule has 0 spiro atoms. The Morgan fingerprint density at radius 1 is 1.16 bits per heavy atom. The summed E-state index contributed by atoms with van der Waals surface area (Å²) in [6.07, 6.45) is 0.717. The number of para-hydroxylation sites is 1. The van der Waals surface area contributed by atoms with Crippen LogP contribution < -0.4 is 4.74 Å². The van der Waals surface area contributed by atoms with Gasteiger partial charge in [-0.05, 0) is 31.2 Å². The van der Waals surface area contributed by atoms with E-state index in [9.17, 15) is 9.59 Å². The lowest BCUT2D eigenvalue weighted by atomic mass is 10.1. The summed E-state index contributed by atoms with van der Waals surface area (Å²) < 4.78 is 10.5. The molecule has 0 aliphatic carbocycles. The molecular formula is C19H16ClNO4. The Labute approximate surface area is 149 Å². The summed E-state index contributed by atoms with van der Waals surface area (Å²) in [5, 5.41) is 1.30. The zero-order chi connectivity index (χ0) is 17.8. The normalized spacial score (nSPS) is 11.9. The predicted octanol–water partition coefficient (Wildman–Crippen LogP) is 4.01. The number of benzene rings is 2. The number of hydrogen-bond acceptors (Lipinski definition) is 4. The molecule has 2 aromatic carbocycles. The lowest BCUT2D eigenvalue weighted by Crippen LogP contribution is -2.27. The van der Waals surface area contributed by atoms with E-state index in [2.05, 4.69) is 4.98 Å². The molecule has 1 atom stereocenters. The smallest absolute Gasteiger partial charge is 0.344 e. The fourth-order valence-corrected chi connectivity index (χ4v) is 2.66. The van der Waals surface area contributed by atoms with Crippen LogP contribution >= 0.6 is 11.6 Å². The molecule has 0 bridgehead atoms. The maximum atomic E-state index is 12.5. The Morgan fingerprint density at radius 3 is 2.76 bits per heavy atom. The summed E-state index contributed by atoms with van der Waals surface area (Å²) in [4.78, 5) is 27.5. The highest BCUT2D eigenvalue weighted by Gasteiger charge is 2.22. The van der Waals surface area contributed by atoms with E-state index in [4.69, 9.17) is 21.1 Å². The van der Waals surface area contributed by atoms with Gasteiger partial charge in [0, 0.05) is 27.7 Å². The Balaban J connectivity index is 1.60. The van der Waals surface area contributed by atoms with Crippen LogP contribution in [0.3, 0.4) is 0 Å². The summed E-state index contributed by atoms with van der Waals surface area (Å²) in [6, 6.07) is 14.1. The van der Waals surface area contributed by atoms with Crippen molar-refractivity contribution in [2.24, 2.45) is 0 Å². The highest BCUT2D eigenvalue weighted by Crippen LogP contribution is 2.20. The van der Waals surface area contributed by atoms with Gasteiger partial charge in [0.15, 0.2) is 12.7 Å². The topological polar surface area (TPSA) is 68.4 Å². The first-order valence-electron chi connectivity index (χ1n) is 7.73. The zero-order valence-electron chi connectivity index (χ0n) is 13.5. The van der Waals surface area contributed by atoms with Crippen LogP contribution in [0.5, 0.6) is 5.75 Å². The predicted molar refractivity (Wildman–Crippen MR) is 95.1 cm³/mol. The van der Waals surface area contributed by atoms with E-state index >= 15 is 0 Å². The summed E-state index contributed by atoms with van der Waals surface area (Å²) in [5.41, 5.74) is 1.35. The van der Waals surface area contributed by atoms with Crippen molar-refractivity contribution in [1.82, 2.24) is 4.98 Å². The number of halogens is 1. The highest BCUT2D eigenvalue weighted by atomic mass is 35.5. The van der Waals surface area contributed by atoms with Gasteiger partial charge >= 0.3 is 5.97 Å². The van der Waals surface area contributed by atoms with Gasteiger partial charge in [-0.25, -0.2) is 4.79 Å². The van der Waals surface area contributed by atoms with E-state index in [1.165, 1.54) is 0 Å². The van der Waals surface area contributed by atoms with Gasteiger partial charge < -0.3 is 14.5 Å². The number of ether oxygens (including phenoxy) is 2. The number of rotatable bonds is 6. The summed E-state index contributed by atoms with van der Waals surface area (Å²) in [7, 11) is 0. The average molecular weight is 358 g/mol. The lowest BCUT2D eigenvalue weighted by Gasteiger charge is -2.12. The monoisotopic (exact) mass is 357 g/mol. The molecule has 3 aromatic rings. The number of nitrogens with one attached hydrogen (secondary N) is 1. The van der Waals surface area contributed by atoms with Crippen molar-refractivity contribution in [2.75, 3.05) is 6.61 Å². The van der Waals surface area contributed by atoms with Gasteiger partial charge in [0.1, 0.15) is 5.75 Å². The fourth-order valence-electron chi connectivity index (χ4n) is 2.48. The number of esters is 1. The Bertz CT molecular complexity index is 918. The quantitative estimate of drug-likeness (QED) is 0.534. The minimum absolute atomic E-state index is 0.270. The fraction of sp³-hybridized carbons (Fsp3) is 0.158. The molecule has 128 valence electrons. The molecule has 0 saturated carbocycles. The Morgan fingerprint density at radius 2 is 1.96 bits per heavy atom. The number of aromatic nitrogens is 1. The molecule has 1 N–H and O–H groups in total. The lowest BCUT2D eigenvalue weighted by molar-refractivity contribution is -0.148. The van der Waals surface area contributed by atoms with Crippen LogP contribution in [-0.2, 0) is 9.53 Å². The van der Waals surface area contributed by atoms with Gasteiger partial charge in [0.05, 0.1) is 0 Å². The van der Waals surface area contributed by atoms with Crippen molar-refractivity contribution in [2.45, 2.75) is 13.0 Å². The van der Waals surface area contributed by atoms with Crippen molar-refractivity contribution in [3.8, 4) is 5.75 Å². The van der Waals surface area contributed by atoms with Crippen LogP contribution in [0, 0.1) is 0 Å². The Kier molecular flexibility index (Phi) is 5.05. The first-order chi connectivity index (χ1) is 12.0. The molecule has 3 rings (SSSR count). The molecule has 0 aliphatic heterocycles. The maximum Gasteiger partial charge on any atom is 0.344 e. The molecule has 0 aliphatic rings. The van der Waals surface area contributed by atoms with Crippen molar-refractivity contribution < 1.29 is 19.1 Å². The van der Waals surface area contributed by atoms with Crippen molar-refractivity contribution in [1.29, 1.82) is 0 Å². The second-order valence-corrected chi connectivity index (χ2v) is 5.93. The molecule has 6 heteroatoms. The van der Waals surface area contributed by atoms with Gasteiger partial charge in [-0.2, -0.15) is 0 Å². The van der Waals surface area contributed by atoms with Crippen LogP contribution in [0.1, 0.15) is 17.3 Å². The molecule has 1 unspecified atom stereocenters. The van der Waals surface area contributed by atoms with Crippen molar-refractivity contribution >= 4 is 34.3 Å². The van der Waals surface area contributed by atoms with Crippen LogP contribution in [0.25, 0.3) is 10.9 Å². The van der Waals surface area contributed by atoms with Gasteiger partial charge in [-0.1, -0.05) is 35.9 Å². The van der Waals surface area contributed by atoms with Gasteiger partial charge in [0.2, 0.25) is 5.78 Å². The molecule has 1 heterocycles. The largest absolute Gasteiger partial charge is 0.482 e. The van der Waals surface area contributed by atoms with E-state index in [0.717, 1.165) is 10.9 Å². The number of ketones is 1. The van der Waals surface area contributed by atoms with Crippen LogP contribution in [-0.4, -0.2) is 29.4 Å². The number of carbonyl (C=O) groups is 2. The van der Waals surface area contributed by atoms with E-state index in [0.29, 0.717) is 16.3 Å². The zero-order valence-corrected chi connectivity index (χ0v) is 14.2. The van der Waals surface area contributed by atoms with Crippen molar-refractivity contribution in [3.05, 3.63) is 65.3 Å². The second kappa shape index (κ2) is 7.40. The van der Waals surface area contributed by atoms with E-state index in [-0.39, 0.29) is 12.4 Å². The SMILES string of the molecule is CC(OC(=O)COc1cccc(Cl)c1)C(=O)c1c[nH]c2ccccc12. The third-order valence-corrected chi connectivity index (χ3v) is 3.92. The van der Waals surface area contributed by atoms with Gasteiger partial charge in [-0.3, -0.25) is 4.79 Å². The summed E-state index contributed by atoms with van der Waals surface area (Å²) >= 11 is 5.85. The number of aromatic amines is 1. The number of carbonyl (C=O) groups excluding carboxylic acids is 2. The standard InChI is InChI=1S/C19H16ClNO4/c1-12(19(23)16-10-21-17-8-3-2-7-15(16)17)25-18(22)11-24-14-6-4-5-13(20)9-14/h2-10,12,21H,11H2,1H3. The minimum atomic E-state index is -0.908. The first-order valence-corrected chi connectivity index (χ1v) is 8.10. The molecule has 0 radical (unpaired) electrons. The molecule has 5 nitrogen and oxygen atoms in total. The Hall–Kier alpha value is -2.79. The summed E-state index contributed by atoms with van der Waals surface area (Å²) in [5.74, 6) is -0.436. The van der Waals surface area contributed by atoms with Crippen molar-refractivity contribution in [3.63, 3.8) is 0 Å². The average Bonchev–Trinajstić information content (AvgIpc) is 3.03. The first kappa shape index (κ1) is 17.0. The number of fused-ring (bicyclic) bond motifs is 1.